The lowest BCUT2D eigenvalue weighted by atomic mass is 9.93. The Kier molecular flexibility index (Phi) is 6.31. The molecule has 2 heterocycles. The topological polar surface area (TPSA) is 45.5 Å². The second-order valence-corrected chi connectivity index (χ2v) is 7.18. The third-order valence-electron chi connectivity index (χ3n) is 5.47. The fourth-order valence-corrected chi connectivity index (χ4v) is 3.69. The predicted molar refractivity (Wildman–Crippen MR) is 108 cm³/mol. The van der Waals surface area contributed by atoms with Gasteiger partial charge in [-0.25, -0.2) is 4.98 Å². The monoisotopic (exact) mass is 353 g/mol. The second kappa shape index (κ2) is 8.88. The summed E-state index contributed by atoms with van der Waals surface area (Å²) >= 11 is 0. The molecule has 1 aromatic carbocycles. The lowest BCUT2D eigenvalue weighted by molar-refractivity contribution is 0.189. The molecule has 140 valence electrons. The number of nitrogens with one attached hydrogen (secondary N) is 1. The SMILES string of the molecule is CCc1ccc(CCNC(=NC)N2CCC(C)C(n3ccnc3)C2)cc1. The molecule has 0 radical (unpaired) electrons. The van der Waals surface area contributed by atoms with Gasteiger partial charge >= 0.3 is 0 Å². The van der Waals surface area contributed by atoms with E-state index in [1.54, 1.807) is 0 Å². The highest BCUT2D eigenvalue weighted by Gasteiger charge is 2.28. The van der Waals surface area contributed by atoms with Gasteiger partial charge in [-0.15, -0.1) is 0 Å². The molecule has 3 rings (SSSR count). The van der Waals surface area contributed by atoms with Crippen LogP contribution in [-0.4, -0.2) is 47.1 Å². The molecule has 2 atom stereocenters. The molecule has 1 saturated heterocycles. The summed E-state index contributed by atoms with van der Waals surface area (Å²) in [5, 5.41) is 3.55. The Bertz CT molecular complexity index is 690. The molecule has 5 nitrogen and oxygen atoms in total. The summed E-state index contributed by atoms with van der Waals surface area (Å²) in [6.07, 6.45) is 9.14. The Morgan fingerprint density at radius 3 is 2.69 bits per heavy atom. The van der Waals surface area contributed by atoms with Gasteiger partial charge in [-0.3, -0.25) is 4.99 Å². The van der Waals surface area contributed by atoms with E-state index in [1.165, 1.54) is 17.5 Å². The molecular formula is C21H31N5. The molecule has 1 aliphatic rings. The zero-order chi connectivity index (χ0) is 18.4. The van der Waals surface area contributed by atoms with Gasteiger partial charge in [0.25, 0.3) is 0 Å². The number of nitrogens with zero attached hydrogens (tertiary/aromatic N) is 4. The molecule has 5 heteroatoms. The largest absolute Gasteiger partial charge is 0.356 e. The van der Waals surface area contributed by atoms with Crippen LogP contribution in [0.15, 0.2) is 48.0 Å². The average molecular weight is 354 g/mol. The van der Waals surface area contributed by atoms with Gasteiger partial charge in [0.15, 0.2) is 5.96 Å². The molecule has 0 saturated carbocycles. The number of aliphatic imine (C=N–C) groups is 1. The van der Waals surface area contributed by atoms with E-state index < -0.39 is 0 Å². The number of likely N-dealkylation sites (tertiary alicyclic amines) is 1. The van der Waals surface area contributed by atoms with Crippen molar-refractivity contribution < 1.29 is 0 Å². The number of piperidine rings is 1. The van der Waals surface area contributed by atoms with Gasteiger partial charge in [0, 0.05) is 39.1 Å². The fourth-order valence-electron chi connectivity index (χ4n) is 3.69. The Labute approximate surface area is 157 Å². The van der Waals surface area contributed by atoms with Crippen LogP contribution in [-0.2, 0) is 12.8 Å². The van der Waals surface area contributed by atoms with E-state index in [1.807, 2.05) is 19.6 Å². The minimum atomic E-state index is 0.450. The molecular weight excluding hydrogens is 322 g/mol. The average Bonchev–Trinajstić information content (AvgIpc) is 3.21. The van der Waals surface area contributed by atoms with Gasteiger partial charge < -0.3 is 14.8 Å². The number of hydrogen-bond acceptors (Lipinski definition) is 2. The molecule has 1 fully saturated rings. The third kappa shape index (κ3) is 4.45. The van der Waals surface area contributed by atoms with Crippen LogP contribution in [0.1, 0.15) is 37.4 Å². The second-order valence-electron chi connectivity index (χ2n) is 7.18. The van der Waals surface area contributed by atoms with E-state index in [2.05, 4.69) is 69.1 Å². The number of aromatic nitrogens is 2. The first-order valence-corrected chi connectivity index (χ1v) is 9.72. The van der Waals surface area contributed by atoms with Crippen LogP contribution in [0.4, 0.5) is 0 Å². The normalized spacial score (nSPS) is 21.0. The highest BCUT2D eigenvalue weighted by atomic mass is 15.3. The van der Waals surface area contributed by atoms with Crippen molar-refractivity contribution in [1.29, 1.82) is 0 Å². The van der Waals surface area contributed by atoms with E-state index in [4.69, 9.17) is 0 Å². The van der Waals surface area contributed by atoms with E-state index in [9.17, 15) is 0 Å². The summed E-state index contributed by atoms with van der Waals surface area (Å²) in [6, 6.07) is 9.38. The van der Waals surface area contributed by atoms with E-state index in [0.29, 0.717) is 12.0 Å². The minimum absolute atomic E-state index is 0.450. The van der Waals surface area contributed by atoms with Gasteiger partial charge in [-0.2, -0.15) is 0 Å². The molecule has 0 aliphatic carbocycles. The van der Waals surface area contributed by atoms with Crippen molar-refractivity contribution in [3.8, 4) is 0 Å². The zero-order valence-corrected chi connectivity index (χ0v) is 16.2. The van der Waals surface area contributed by atoms with Crippen molar-refractivity contribution in [2.24, 2.45) is 10.9 Å². The molecule has 1 aromatic heterocycles. The molecule has 2 unspecified atom stereocenters. The summed E-state index contributed by atoms with van der Waals surface area (Å²) < 4.78 is 2.24. The highest BCUT2D eigenvalue weighted by molar-refractivity contribution is 5.80. The molecule has 2 aromatic rings. The van der Waals surface area contributed by atoms with Crippen molar-refractivity contribution in [1.82, 2.24) is 19.8 Å². The number of guanidine groups is 1. The van der Waals surface area contributed by atoms with Crippen LogP contribution >= 0.6 is 0 Å². The van der Waals surface area contributed by atoms with Crippen molar-refractivity contribution in [3.63, 3.8) is 0 Å². The maximum absolute atomic E-state index is 4.52. The zero-order valence-electron chi connectivity index (χ0n) is 16.2. The number of hydrogen-bond donors (Lipinski definition) is 1. The molecule has 26 heavy (non-hydrogen) atoms. The van der Waals surface area contributed by atoms with Gasteiger partial charge in [0.1, 0.15) is 0 Å². The Morgan fingerprint density at radius 1 is 1.27 bits per heavy atom. The summed E-state index contributed by atoms with van der Waals surface area (Å²) in [7, 11) is 1.88. The predicted octanol–water partition coefficient (Wildman–Crippen LogP) is 3.15. The lowest BCUT2D eigenvalue weighted by Gasteiger charge is -2.39. The number of rotatable bonds is 5. The first-order chi connectivity index (χ1) is 12.7. The van der Waals surface area contributed by atoms with Crippen LogP contribution in [0.25, 0.3) is 0 Å². The Hall–Kier alpha value is -2.30. The maximum Gasteiger partial charge on any atom is 0.193 e. The lowest BCUT2D eigenvalue weighted by Crippen LogP contribution is -2.49. The highest BCUT2D eigenvalue weighted by Crippen LogP contribution is 2.27. The number of aryl methyl sites for hydroxylation is 1. The van der Waals surface area contributed by atoms with Crippen molar-refractivity contribution in [2.45, 2.75) is 39.2 Å². The first-order valence-electron chi connectivity index (χ1n) is 9.72. The van der Waals surface area contributed by atoms with Crippen LogP contribution in [0.5, 0.6) is 0 Å². The molecule has 1 N–H and O–H groups in total. The van der Waals surface area contributed by atoms with Gasteiger partial charge in [0.2, 0.25) is 0 Å². The molecule has 1 aliphatic heterocycles. The van der Waals surface area contributed by atoms with Crippen molar-refractivity contribution in [3.05, 3.63) is 54.1 Å². The summed E-state index contributed by atoms with van der Waals surface area (Å²) in [5.74, 6) is 1.66. The summed E-state index contributed by atoms with van der Waals surface area (Å²) in [4.78, 5) is 11.1. The maximum atomic E-state index is 4.52. The fraction of sp³-hybridized carbons (Fsp3) is 0.524. The van der Waals surface area contributed by atoms with E-state index in [-0.39, 0.29) is 0 Å². The molecule has 0 bridgehead atoms. The van der Waals surface area contributed by atoms with Gasteiger partial charge in [-0.05, 0) is 36.3 Å². The Morgan fingerprint density at radius 2 is 2.04 bits per heavy atom. The standard InChI is InChI=1S/C21H31N5/c1-4-18-5-7-19(8-6-18)9-11-24-21(22-3)25-13-10-17(2)20(15-25)26-14-12-23-16-26/h5-8,12,14,16-17,20H,4,9-11,13,15H2,1-3H3,(H,22,24). The van der Waals surface area contributed by atoms with Crippen molar-refractivity contribution in [2.75, 3.05) is 26.7 Å². The van der Waals surface area contributed by atoms with Gasteiger partial charge in [-0.1, -0.05) is 38.1 Å². The van der Waals surface area contributed by atoms with Gasteiger partial charge in [0.05, 0.1) is 12.4 Å². The number of benzene rings is 1. The summed E-state index contributed by atoms with van der Waals surface area (Å²) in [6.45, 7) is 7.45. The third-order valence-corrected chi connectivity index (χ3v) is 5.47. The van der Waals surface area contributed by atoms with Crippen LogP contribution in [0.2, 0.25) is 0 Å². The first kappa shape index (κ1) is 18.5. The van der Waals surface area contributed by atoms with Crippen LogP contribution in [0.3, 0.4) is 0 Å². The van der Waals surface area contributed by atoms with E-state index >= 15 is 0 Å². The van der Waals surface area contributed by atoms with E-state index in [0.717, 1.165) is 38.4 Å². The minimum Gasteiger partial charge on any atom is -0.356 e. The summed E-state index contributed by atoms with van der Waals surface area (Å²) in [5.41, 5.74) is 2.76. The molecule has 0 spiro atoms. The van der Waals surface area contributed by atoms with Crippen LogP contribution in [0, 0.1) is 5.92 Å². The Balaban J connectivity index is 1.54. The number of imidazole rings is 1. The smallest absolute Gasteiger partial charge is 0.193 e. The van der Waals surface area contributed by atoms with Crippen LogP contribution < -0.4 is 5.32 Å². The molecule has 0 amide bonds. The quantitative estimate of drug-likeness (QED) is 0.663. The van der Waals surface area contributed by atoms with Crippen molar-refractivity contribution >= 4 is 5.96 Å².